The highest BCUT2D eigenvalue weighted by molar-refractivity contribution is 7.11. The molecule has 1 N–H and O–H groups in total. The van der Waals surface area contributed by atoms with Crippen molar-refractivity contribution in [3.05, 3.63) is 45.4 Å². The number of benzene rings is 1. The molecule has 0 saturated heterocycles. The molecule has 0 amide bonds. The number of aromatic nitrogens is 1. The van der Waals surface area contributed by atoms with E-state index in [0.717, 1.165) is 29.4 Å². The molecule has 0 fully saturated rings. The Labute approximate surface area is 131 Å². The van der Waals surface area contributed by atoms with Crippen LogP contribution in [0.4, 0.5) is 0 Å². The Hall–Kier alpha value is -1.39. The first kappa shape index (κ1) is 16.0. The Bertz CT molecular complexity index is 599. The van der Waals surface area contributed by atoms with Crippen LogP contribution in [-0.2, 0) is 13.0 Å². The van der Waals surface area contributed by atoms with E-state index in [4.69, 9.17) is 9.72 Å². The number of thiazole rings is 1. The van der Waals surface area contributed by atoms with Crippen molar-refractivity contribution in [3.8, 4) is 5.75 Å². The second-order valence-corrected chi connectivity index (χ2v) is 7.42. The van der Waals surface area contributed by atoms with Gasteiger partial charge in [-0.25, -0.2) is 4.98 Å². The number of hydrogen-bond donors (Lipinski definition) is 1. The van der Waals surface area contributed by atoms with Gasteiger partial charge in [-0.2, -0.15) is 0 Å². The molecule has 0 spiro atoms. The van der Waals surface area contributed by atoms with Crippen LogP contribution in [0.15, 0.2) is 24.3 Å². The lowest BCUT2D eigenvalue weighted by Crippen LogP contribution is -2.34. The molecule has 0 aliphatic heterocycles. The molecule has 0 bridgehead atoms. The van der Waals surface area contributed by atoms with E-state index in [0.29, 0.717) is 0 Å². The number of ether oxygens (including phenoxy) is 1. The van der Waals surface area contributed by atoms with Crippen LogP contribution in [-0.4, -0.2) is 17.6 Å². The molecule has 0 aliphatic carbocycles. The summed E-state index contributed by atoms with van der Waals surface area (Å²) >= 11 is 1.79. The van der Waals surface area contributed by atoms with Crippen LogP contribution in [0.1, 0.15) is 41.9 Å². The van der Waals surface area contributed by atoms with Crippen molar-refractivity contribution in [2.45, 2.75) is 46.2 Å². The first-order valence-electron chi connectivity index (χ1n) is 7.20. The van der Waals surface area contributed by atoms with E-state index < -0.39 is 0 Å². The molecule has 4 heteroatoms. The van der Waals surface area contributed by atoms with E-state index in [-0.39, 0.29) is 5.54 Å². The van der Waals surface area contributed by atoms with Crippen LogP contribution < -0.4 is 10.1 Å². The first-order valence-corrected chi connectivity index (χ1v) is 8.02. The van der Waals surface area contributed by atoms with Gasteiger partial charge in [0, 0.05) is 23.4 Å². The highest BCUT2D eigenvalue weighted by Gasteiger charge is 2.13. The van der Waals surface area contributed by atoms with Gasteiger partial charge in [0.15, 0.2) is 0 Å². The van der Waals surface area contributed by atoms with Gasteiger partial charge < -0.3 is 10.1 Å². The van der Waals surface area contributed by atoms with Gasteiger partial charge in [-0.3, -0.25) is 0 Å². The number of nitrogens with zero attached hydrogens (tertiary/aromatic N) is 1. The minimum absolute atomic E-state index is 0.128. The molecule has 1 aromatic carbocycles. The summed E-state index contributed by atoms with van der Waals surface area (Å²) in [4.78, 5) is 6.02. The third kappa shape index (κ3) is 4.83. The summed E-state index contributed by atoms with van der Waals surface area (Å²) in [5.41, 5.74) is 2.50. The van der Waals surface area contributed by atoms with Crippen molar-refractivity contribution < 1.29 is 4.74 Å². The lowest BCUT2D eigenvalue weighted by atomic mass is 10.1. The summed E-state index contributed by atoms with van der Waals surface area (Å²) < 4.78 is 5.27. The van der Waals surface area contributed by atoms with Crippen LogP contribution in [0.2, 0.25) is 0 Å². The molecule has 1 aromatic heterocycles. The molecule has 2 aromatic rings. The number of nitrogens with one attached hydrogen (secondary N) is 1. The predicted octanol–water partition coefficient (Wildman–Crippen LogP) is 3.94. The fourth-order valence-corrected chi connectivity index (χ4v) is 3.07. The molecule has 0 unspecified atom stereocenters. The number of rotatable bonds is 5. The SMILES string of the molecule is COc1cccc(Cc2nc(C)c(CNC(C)(C)C)s2)c1. The van der Waals surface area contributed by atoms with Gasteiger partial charge in [0.25, 0.3) is 0 Å². The second-order valence-electron chi connectivity index (χ2n) is 6.25. The van der Waals surface area contributed by atoms with E-state index in [2.05, 4.69) is 45.1 Å². The number of aryl methyl sites for hydroxylation is 1. The lowest BCUT2D eigenvalue weighted by Gasteiger charge is -2.19. The van der Waals surface area contributed by atoms with Gasteiger partial charge >= 0.3 is 0 Å². The molecular formula is C17H24N2OS. The fraction of sp³-hybridized carbons (Fsp3) is 0.471. The summed E-state index contributed by atoms with van der Waals surface area (Å²) in [6.07, 6.45) is 0.859. The third-order valence-electron chi connectivity index (χ3n) is 3.21. The molecule has 0 aliphatic rings. The first-order chi connectivity index (χ1) is 9.87. The average molecular weight is 304 g/mol. The van der Waals surface area contributed by atoms with E-state index >= 15 is 0 Å². The lowest BCUT2D eigenvalue weighted by molar-refractivity contribution is 0.414. The van der Waals surface area contributed by atoms with Gasteiger partial charge in [-0.15, -0.1) is 11.3 Å². The normalized spacial score (nSPS) is 11.7. The largest absolute Gasteiger partial charge is 0.497 e. The van der Waals surface area contributed by atoms with E-state index in [1.54, 1.807) is 18.4 Å². The zero-order valence-electron chi connectivity index (χ0n) is 13.5. The molecule has 114 valence electrons. The Balaban J connectivity index is 2.07. The monoisotopic (exact) mass is 304 g/mol. The van der Waals surface area contributed by atoms with E-state index in [9.17, 15) is 0 Å². The fourth-order valence-electron chi connectivity index (χ4n) is 2.03. The Kier molecular flexibility index (Phi) is 5.01. The molecule has 0 saturated carbocycles. The summed E-state index contributed by atoms with van der Waals surface area (Å²) in [6, 6.07) is 8.18. The maximum atomic E-state index is 5.27. The van der Waals surface area contributed by atoms with Crippen molar-refractivity contribution in [2.24, 2.45) is 0 Å². The maximum Gasteiger partial charge on any atom is 0.119 e. The maximum absolute atomic E-state index is 5.27. The van der Waals surface area contributed by atoms with Crippen molar-refractivity contribution in [1.29, 1.82) is 0 Å². The summed E-state index contributed by atoms with van der Waals surface area (Å²) in [6.45, 7) is 9.51. The van der Waals surface area contributed by atoms with Gasteiger partial charge in [-0.1, -0.05) is 12.1 Å². The highest BCUT2D eigenvalue weighted by Crippen LogP contribution is 2.23. The molecule has 0 radical (unpaired) electrons. The van der Waals surface area contributed by atoms with Crippen molar-refractivity contribution in [3.63, 3.8) is 0 Å². The Morgan fingerprint density at radius 3 is 2.71 bits per heavy atom. The molecule has 3 nitrogen and oxygen atoms in total. The van der Waals surface area contributed by atoms with Crippen LogP contribution >= 0.6 is 11.3 Å². The van der Waals surface area contributed by atoms with Gasteiger partial charge in [0.1, 0.15) is 5.75 Å². The van der Waals surface area contributed by atoms with Crippen LogP contribution in [0.3, 0.4) is 0 Å². The van der Waals surface area contributed by atoms with Crippen molar-refractivity contribution >= 4 is 11.3 Å². The van der Waals surface area contributed by atoms with Gasteiger partial charge in [-0.05, 0) is 45.4 Å². The van der Waals surface area contributed by atoms with Gasteiger partial charge in [0.2, 0.25) is 0 Å². The Morgan fingerprint density at radius 1 is 1.29 bits per heavy atom. The third-order valence-corrected chi connectivity index (χ3v) is 4.36. The van der Waals surface area contributed by atoms with Crippen LogP contribution in [0.25, 0.3) is 0 Å². The zero-order chi connectivity index (χ0) is 15.5. The van der Waals surface area contributed by atoms with Gasteiger partial charge in [0.05, 0.1) is 17.8 Å². The van der Waals surface area contributed by atoms with Crippen LogP contribution in [0.5, 0.6) is 5.75 Å². The zero-order valence-corrected chi connectivity index (χ0v) is 14.3. The minimum Gasteiger partial charge on any atom is -0.497 e. The quantitative estimate of drug-likeness (QED) is 0.908. The molecular weight excluding hydrogens is 280 g/mol. The van der Waals surface area contributed by atoms with E-state index in [1.165, 1.54) is 10.4 Å². The predicted molar refractivity (Wildman–Crippen MR) is 89.2 cm³/mol. The summed E-state index contributed by atoms with van der Waals surface area (Å²) in [5, 5.41) is 4.68. The summed E-state index contributed by atoms with van der Waals surface area (Å²) in [7, 11) is 1.70. The topological polar surface area (TPSA) is 34.1 Å². The smallest absolute Gasteiger partial charge is 0.119 e. The number of methoxy groups -OCH3 is 1. The molecule has 0 atom stereocenters. The summed E-state index contributed by atoms with van der Waals surface area (Å²) in [5.74, 6) is 0.899. The molecule has 2 rings (SSSR count). The molecule has 21 heavy (non-hydrogen) atoms. The van der Waals surface area contributed by atoms with Crippen LogP contribution in [0, 0.1) is 6.92 Å². The second kappa shape index (κ2) is 6.58. The van der Waals surface area contributed by atoms with Crippen molar-refractivity contribution in [2.75, 3.05) is 7.11 Å². The highest BCUT2D eigenvalue weighted by atomic mass is 32.1. The average Bonchev–Trinajstić information content (AvgIpc) is 2.76. The Morgan fingerprint density at radius 2 is 2.05 bits per heavy atom. The minimum atomic E-state index is 0.128. The van der Waals surface area contributed by atoms with Crippen molar-refractivity contribution in [1.82, 2.24) is 10.3 Å². The van der Waals surface area contributed by atoms with E-state index in [1.807, 2.05) is 12.1 Å². The number of hydrogen-bond acceptors (Lipinski definition) is 4. The standard InChI is InChI=1S/C17H24N2OS/c1-12-15(11-18-17(2,3)4)21-16(19-12)10-13-7-6-8-14(9-13)20-5/h6-9,18H,10-11H2,1-5H3. The molecule has 1 heterocycles.